The lowest BCUT2D eigenvalue weighted by atomic mass is 10.1. The first-order chi connectivity index (χ1) is 28.7. The maximum atomic E-state index is 14.9. The Morgan fingerprint density at radius 3 is 0.767 bits per heavy atom. The third kappa shape index (κ3) is 7.81. The highest BCUT2D eigenvalue weighted by Gasteiger charge is 2.34. The second kappa shape index (κ2) is 15.9. The Labute approximate surface area is 336 Å². The molecule has 0 bridgehead atoms. The molecular formula is C45H25F8N3O2P2. The molecule has 0 spiro atoms. The van der Waals surface area contributed by atoms with Crippen molar-refractivity contribution in [1.29, 1.82) is 0 Å². The van der Waals surface area contributed by atoms with Crippen molar-refractivity contribution in [3.8, 4) is 34.2 Å². The maximum Gasteiger partial charge on any atom is 0.171 e. The summed E-state index contributed by atoms with van der Waals surface area (Å²) in [5, 5.41) is -1.41. The number of halogens is 8. The van der Waals surface area contributed by atoms with E-state index in [1.807, 2.05) is 0 Å². The molecule has 15 heteroatoms. The van der Waals surface area contributed by atoms with Gasteiger partial charge in [0, 0.05) is 72.8 Å². The van der Waals surface area contributed by atoms with Gasteiger partial charge in [-0.3, -0.25) is 0 Å². The topological polar surface area (TPSA) is 72.8 Å². The molecule has 0 fully saturated rings. The van der Waals surface area contributed by atoms with E-state index in [1.54, 1.807) is 30.3 Å². The number of rotatable bonds is 9. The first-order valence-electron chi connectivity index (χ1n) is 17.8. The fraction of sp³-hybridized carbons (Fsp3) is 0. The Morgan fingerprint density at radius 1 is 0.283 bits per heavy atom. The minimum absolute atomic E-state index is 0.0183. The summed E-state index contributed by atoms with van der Waals surface area (Å²) in [4.78, 5) is 13.9. The highest BCUT2D eigenvalue weighted by atomic mass is 31.2. The molecule has 0 aliphatic heterocycles. The summed E-state index contributed by atoms with van der Waals surface area (Å²) in [5.74, 6) is -8.01. The van der Waals surface area contributed by atoms with Gasteiger partial charge in [0.25, 0.3) is 0 Å². The Kier molecular flexibility index (Phi) is 10.7. The van der Waals surface area contributed by atoms with Gasteiger partial charge in [-0.15, -0.1) is 0 Å². The van der Waals surface area contributed by atoms with Gasteiger partial charge in [-0.1, -0.05) is 78.9 Å². The average Bonchev–Trinajstić information content (AvgIpc) is 3.22. The summed E-state index contributed by atoms with van der Waals surface area (Å²) in [6.07, 6.45) is 0. The zero-order valence-corrected chi connectivity index (χ0v) is 32.3. The zero-order chi connectivity index (χ0) is 42.3. The van der Waals surface area contributed by atoms with Crippen molar-refractivity contribution in [3.63, 3.8) is 0 Å². The molecule has 0 saturated heterocycles. The van der Waals surface area contributed by atoms with E-state index in [0.717, 1.165) is 48.5 Å². The van der Waals surface area contributed by atoms with Crippen LogP contribution in [0.1, 0.15) is 0 Å². The van der Waals surface area contributed by atoms with E-state index in [2.05, 4.69) is 15.0 Å². The van der Waals surface area contributed by atoms with Crippen LogP contribution in [0.25, 0.3) is 34.2 Å². The van der Waals surface area contributed by atoms with Crippen molar-refractivity contribution in [2.24, 2.45) is 0 Å². The van der Waals surface area contributed by atoms with Crippen LogP contribution in [-0.4, -0.2) is 15.0 Å². The van der Waals surface area contributed by atoms with Crippen LogP contribution in [0, 0.1) is 46.5 Å². The number of nitrogens with zero attached hydrogens (tertiary/aromatic N) is 3. The number of benzene rings is 7. The van der Waals surface area contributed by atoms with Gasteiger partial charge in [0.05, 0.1) is 0 Å². The molecule has 0 aliphatic rings. The van der Waals surface area contributed by atoms with E-state index in [1.165, 1.54) is 48.5 Å². The molecule has 0 aliphatic carbocycles. The predicted molar refractivity (Wildman–Crippen MR) is 215 cm³/mol. The van der Waals surface area contributed by atoms with Crippen molar-refractivity contribution in [2.45, 2.75) is 0 Å². The van der Waals surface area contributed by atoms with Crippen molar-refractivity contribution in [2.75, 3.05) is 0 Å². The fourth-order valence-corrected chi connectivity index (χ4v) is 12.1. The third-order valence-electron chi connectivity index (χ3n) is 9.49. The monoisotopic (exact) mass is 853 g/mol. The second-order valence-corrected chi connectivity index (χ2v) is 19.0. The van der Waals surface area contributed by atoms with Gasteiger partial charge in [0.2, 0.25) is 0 Å². The Bertz CT molecular complexity index is 2670. The molecule has 0 atom stereocenters. The summed E-state index contributed by atoms with van der Waals surface area (Å²) < 4.78 is 146. The van der Waals surface area contributed by atoms with Crippen molar-refractivity contribution in [1.82, 2.24) is 15.0 Å². The highest BCUT2D eigenvalue weighted by molar-refractivity contribution is 7.85. The lowest BCUT2D eigenvalue weighted by molar-refractivity contribution is 0.577. The quantitative estimate of drug-likeness (QED) is 0.107. The fourth-order valence-electron chi connectivity index (χ4n) is 6.77. The molecule has 5 nitrogen and oxygen atoms in total. The number of aromatic nitrogens is 3. The van der Waals surface area contributed by atoms with Crippen molar-refractivity contribution in [3.05, 3.63) is 198 Å². The first kappa shape index (κ1) is 40.2. The molecule has 7 aromatic carbocycles. The van der Waals surface area contributed by atoms with Gasteiger partial charge < -0.3 is 9.13 Å². The molecule has 1 heterocycles. The van der Waals surface area contributed by atoms with E-state index in [-0.39, 0.29) is 49.3 Å². The van der Waals surface area contributed by atoms with Crippen LogP contribution in [0.5, 0.6) is 0 Å². The number of hydrogen-bond acceptors (Lipinski definition) is 5. The molecule has 0 unspecified atom stereocenters. The Balaban J connectivity index is 1.24. The summed E-state index contributed by atoms with van der Waals surface area (Å²) in [5.41, 5.74) is 1.25. The number of hydrogen-bond donors (Lipinski definition) is 0. The molecule has 1 aromatic heterocycles. The summed E-state index contributed by atoms with van der Waals surface area (Å²) in [6, 6.07) is 29.1. The smallest absolute Gasteiger partial charge is 0.171 e. The van der Waals surface area contributed by atoms with Gasteiger partial charge in [0.1, 0.15) is 46.5 Å². The van der Waals surface area contributed by atoms with E-state index in [9.17, 15) is 44.3 Å². The standard InChI is InChI=1S/C45H25F8N3O2P2/c46-29-14-30(47)19-39(18-29)59(57,40-20-31(48)15-32(49)21-40)37-10-6-27(7-11-37)44-54-43(26-4-2-1-3-5-26)55-45(56-44)28-8-12-38(13-9-28)60(58,41-22-33(50)16-34(51)23-41)42-24-35(52)17-36(53)25-42/h1-25H. The van der Waals surface area contributed by atoms with Gasteiger partial charge >= 0.3 is 0 Å². The van der Waals surface area contributed by atoms with E-state index >= 15 is 0 Å². The maximum absolute atomic E-state index is 14.9. The lowest BCUT2D eigenvalue weighted by Crippen LogP contribution is -2.26. The lowest BCUT2D eigenvalue weighted by Gasteiger charge is -2.21. The summed E-state index contributed by atoms with van der Waals surface area (Å²) in [6.45, 7) is 0. The molecule has 298 valence electrons. The normalized spacial score (nSPS) is 11.8. The minimum atomic E-state index is -4.30. The Hall–Kier alpha value is -6.55. The third-order valence-corrected chi connectivity index (χ3v) is 15.5. The second-order valence-electron chi connectivity index (χ2n) is 13.5. The summed E-state index contributed by atoms with van der Waals surface area (Å²) >= 11 is 0. The molecule has 8 aromatic rings. The SMILES string of the molecule is O=P(c1ccc(-c2nc(-c3ccccc3)nc(-c3ccc(P(=O)(c4cc(F)cc(F)c4)c4cc(F)cc(F)c4)cc3)n2)cc1)(c1cc(F)cc(F)c1)c1cc(F)cc(F)c1. The molecule has 0 saturated carbocycles. The van der Waals surface area contributed by atoms with Crippen LogP contribution < -0.4 is 31.8 Å². The van der Waals surface area contributed by atoms with Crippen LogP contribution >= 0.6 is 14.3 Å². The molecule has 0 radical (unpaired) electrons. The van der Waals surface area contributed by atoms with E-state index in [0.29, 0.717) is 41.0 Å². The van der Waals surface area contributed by atoms with Crippen LogP contribution in [0.3, 0.4) is 0 Å². The predicted octanol–water partition coefficient (Wildman–Crippen LogP) is 9.26. The Morgan fingerprint density at radius 2 is 0.517 bits per heavy atom. The molecule has 0 N–H and O–H groups in total. The molecule has 0 amide bonds. The van der Waals surface area contributed by atoms with Crippen LogP contribution in [0.4, 0.5) is 35.1 Å². The van der Waals surface area contributed by atoms with Gasteiger partial charge in [-0.25, -0.2) is 50.1 Å². The highest BCUT2D eigenvalue weighted by Crippen LogP contribution is 2.45. The first-order valence-corrected chi connectivity index (χ1v) is 21.2. The zero-order valence-electron chi connectivity index (χ0n) is 30.5. The van der Waals surface area contributed by atoms with Crippen LogP contribution in [0.15, 0.2) is 152 Å². The summed E-state index contributed by atoms with van der Waals surface area (Å²) in [7, 11) is -8.61. The van der Waals surface area contributed by atoms with E-state index in [4.69, 9.17) is 0 Å². The van der Waals surface area contributed by atoms with Crippen LogP contribution in [-0.2, 0) is 9.13 Å². The van der Waals surface area contributed by atoms with Gasteiger partial charge in [0.15, 0.2) is 31.8 Å². The van der Waals surface area contributed by atoms with E-state index < -0.39 is 60.8 Å². The van der Waals surface area contributed by atoms with Crippen molar-refractivity contribution >= 4 is 46.1 Å². The van der Waals surface area contributed by atoms with Crippen LogP contribution in [0.2, 0.25) is 0 Å². The largest absolute Gasteiger partial charge is 0.309 e. The van der Waals surface area contributed by atoms with Gasteiger partial charge in [-0.05, 0) is 48.5 Å². The molecule has 60 heavy (non-hydrogen) atoms. The van der Waals surface area contributed by atoms with Crippen molar-refractivity contribution < 1.29 is 44.3 Å². The molecule has 8 rings (SSSR count). The molecular weight excluding hydrogens is 828 g/mol. The minimum Gasteiger partial charge on any atom is -0.309 e. The van der Waals surface area contributed by atoms with Gasteiger partial charge in [-0.2, -0.15) is 0 Å². The average molecular weight is 854 g/mol.